The first kappa shape index (κ1) is 15.1. The van der Waals surface area contributed by atoms with Gasteiger partial charge in [-0.05, 0) is 0 Å². The summed E-state index contributed by atoms with van der Waals surface area (Å²) in [4.78, 5) is 0. The van der Waals surface area contributed by atoms with Crippen LogP contribution in [0.5, 0.6) is 0 Å². The molecule has 0 heterocycles. The van der Waals surface area contributed by atoms with Crippen molar-refractivity contribution in [3.05, 3.63) is 0 Å². The van der Waals surface area contributed by atoms with Gasteiger partial charge >= 0.3 is 10.4 Å². The van der Waals surface area contributed by atoms with E-state index in [4.69, 9.17) is 0 Å². The Morgan fingerprint density at radius 3 is 1.53 bits per heavy atom. The zero-order chi connectivity index (χ0) is 11.9. The van der Waals surface area contributed by atoms with Crippen LogP contribution < -0.4 is 0 Å². The van der Waals surface area contributed by atoms with Crippen LogP contribution in [0.2, 0.25) is 0 Å². The van der Waals surface area contributed by atoms with Gasteiger partial charge in [0.05, 0.1) is 13.2 Å². The summed E-state index contributed by atoms with van der Waals surface area (Å²) in [6.45, 7) is -1.14. The highest BCUT2D eigenvalue weighted by atomic mass is 32.3. The van der Waals surface area contributed by atoms with E-state index < -0.39 is 57.3 Å². The van der Waals surface area contributed by atoms with E-state index in [1.165, 1.54) is 0 Å². The number of hydrogen-bond acceptors (Lipinski definition) is 8. The van der Waals surface area contributed by atoms with Crippen molar-refractivity contribution >= 4 is 32.6 Å². The van der Waals surface area contributed by atoms with Crippen molar-refractivity contribution in [3.8, 4) is 0 Å². The van der Waals surface area contributed by atoms with Gasteiger partial charge in [0.2, 0.25) is 0 Å². The van der Waals surface area contributed by atoms with E-state index >= 15 is 0 Å². The molecule has 0 saturated carbocycles. The molecule has 2 unspecified atom stereocenters. The van der Waals surface area contributed by atoms with Gasteiger partial charge < -0.3 is 9.11 Å². The molecule has 2 atom stereocenters. The standard InChI is InChI=1S/C4H10O8S3/c5-13(6)3-1-11-15(9,10)12-2-4-14(7)8/h1-4H2,(H,5,6)(H,7,8)/p-2. The Bertz CT molecular complexity index is 295. The lowest BCUT2D eigenvalue weighted by molar-refractivity contribution is 0.231. The molecule has 0 aliphatic rings. The number of hydrogen-bond donors (Lipinski definition) is 0. The van der Waals surface area contributed by atoms with Gasteiger partial charge in [0.15, 0.2) is 0 Å². The molecule has 0 aromatic heterocycles. The van der Waals surface area contributed by atoms with Crippen molar-refractivity contribution in [3.63, 3.8) is 0 Å². The molecule has 0 N–H and O–H groups in total. The van der Waals surface area contributed by atoms with E-state index in [1.807, 2.05) is 0 Å². The van der Waals surface area contributed by atoms with Crippen molar-refractivity contribution in [1.82, 2.24) is 0 Å². The van der Waals surface area contributed by atoms with Crippen LogP contribution in [0.25, 0.3) is 0 Å². The predicted octanol–water partition coefficient (Wildman–Crippen LogP) is -1.98. The molecule has 8 nitrogen and oxygen atoms in total. The minimum absolute atomic E-state index is 0.490. The fraction of sp³-hybridized carbons (Fsp3) is 1.00. The van der Waals surface area contributed by atoms with Crippen LogP contribution in [0.15, 0.2) is 0 Å². The highest BCUT2D eigenvalue weighted by Crippen LogP contribution is 1.96. The Labute approximate surface area is 91.9 Å². The molecule has 0 fully saturated rings. The molecule has 11 heteroatoms. The maximum atomic E-state index is 10.7. The molecule has 0 aliphatic carbocycles. The molecular formula is C4H8O8S3-2. The summed E-state index contributed by atoms with van der Waals surface area (Å²) >= 11 is -4.81. The molecule has 0 radical (unpaired) electrons. The first-order chi connectivity index (χ1) is 6.83. The Hall–Kier alpha value is 0.0900. The lowest BCUT2D eigenvalue weighted by Gasteiger charge is -2.08. The summed E-state index contributed by atoms with van der Waals surface area (Å²) in [6.07, 6.45) is 0. The Kier molecular flexibility index (Phi) is 7.42. The van der Waals surface area contributed by atoms with Crippen molar-refractivity contribution < 1.29 is 34.3 Å². The summed E-state index contributed by atoms with van der Waals surface area (Å²) in [5.74, 6) is -0.980. The Balaban J connectivity index is 3.77. The normalized spacial score (nSPS) is 16.1. The van der Waals surface area contributed by atoms with Crippen LogP contribution in [0, 0.1) is 0 Å². The van der Waals surface area contributed by atoms with Gasteiger partial charge in [0.25, 0.3) is 0 Å². The lowest BCUT2D eigenvalue weighted by Crippen LogP contribution is -2.17. The topological polar surface area (TPSA) is 133 Å². The van der Waals surface area contributed by atoms with Crippen LogP contribution >= 0.6 is 0 Å². The van der Waals surface area contributed by atoms with E-state index in [0.29, 0.717) is 0 Å². The molecular weight excluding hydrogens is 272 g/mol. The van der Waals surface area contributed by atoms with E-state index in [-0.39, 0.29) is 0 Å². The summed E-state index contributed by atoms with van der Waals surface area (Å²) in [7, 11) is -4.32. The fourth-order valence-electron chi connectivity index (χ4n) is 0.442. The number of rotatable bonds is 8. The average molecular weight is 280 g/mol. The zero-order valence-electron chi connectivity index (χ0n) is 7.32. The Morgan fingerprint density at radius 1 is 0.933 bits per heavy atom. The minimum atomic E-state index is -4.32. The maximum absolute atomic E-state index is 10.7. The second-order valence-electron chi connectivity index (χ2n) is 2.07. The smallest absolute Gasteiger partial charge is 0.399 e. The third kappa shape index (κ3) is 10.4. The summed E-state index contributed by atoms with van der Waals surface area (Å²) in [5.41, 5.74) is 0. The molecule has 0 aromatic rings. The van der Waals surface area contributed by atoms with Gasteiger partial charge in [0, 0.05) is 11.5 Å². The molecule has 0 spiro atoms. The molecule has 0 bridgehead atoms. The van der Waals surface area contributed by atoms with Gasteiger partial charge in [-0.1, -0.05) is 22.2 Å². The van der Waals surface area contributed by atoms with Gasteiger partial charge in [-0.15, -0.1) is 0 Å². The van der Waals surface area contributed by atoms with Crippen molar-refractivity contribution in [1.29, 1.82) is 0 Å². The van der Waals surface area contributed by atoms with E-state index in [0.717, 1.165) is 0 Å². The van der Waals surface area contributed by atoms with E-state index in [1.54, 1.807) is 0 Å². The second-order valence-corrected chi connectivity index (χ2v) is 5.39. The minimum Gasteiger partial charge on any atom is -0.772 e. The predicted molar refractivity (Wildman–Crippen MR) is 48.4 cm³/mol. The first-order valence-electron chi connectivity index (χ1n) is 3.49. The van der Waals surface area contributed by atoms with Crippen LogP contribution in [-0.4, -0.2) is 50.7 Å². The first-order valence-corrected chi connectivity index (χ1v) is 7.31. The van der Waals surface area contributed by atoms with Gasteiger partial charge in [-0.3, -0.25) is 8.42 Å². The van der Waals surface area contributed by atoms with Crippen molar-refractivity contribution in [2.75, 3.05) is 24.7 Å². The highest BCUT2D eigenvalue weighted by molar-refractivity contribution is 7.82. The average Bonchev–Trinajstić information content (AvgIpc) is 2.01. The Morgan fingerprint density at radius 2 is 1.27 bits per heavy atom. The van der Waals surface area contributed by atoms with Gasteiger partial charge in [-0.2, -0.15) is 8.42 Å². The van der Waals surface area contributed by atoms with E-state index in [2.05, 4.69) is 8.37 Å². The van der Waals surface area contributed by atoms with Gasteiger partial charge in [-0.25, -0.2) is 8.37 Å². The van der Waals surface area contributed by atoms with E-state index in [9.17, 15) is 25.9 Å². The zero-order valence-corrected chi connectivity index (χ0v) is 9.77. The summed E-state index contributed by atoms with van der Waals surface area (Å²) in [6, 6.07) is 0. The second kappa shape index (κ2) is 7.38. The van der Waals surface area contributed by atoms with Gasteiger partial charge in [0.1, 0.15) is 0 Å². The molecule has 0 aliphatic heterocycles. The van der Waals surface area contributed by atoms with Crippen LogP contribution in [0.1, 0.15) is 0 Å². The maximum Gasteiger partial charge on any atom is 0.399 e. The largest absolute Gasteiger partial charge is 0.772 e. The SMILES string of the molecule is O=S([O-])CCOS(=O)(=O)OCCS(=O)[O-]. The molecule has 0 amide bonds. The summed E-state index contributed by atoms with van der Waals surface area (Å²) < 4.78 is 69.6. The molecule has 92 valence electrons. The fourth-order valence-corrected chi connectivity index (χ4v) is 1.74. The van der Waals surface area contributed by atoms with Crippen molar-refractivity contribution in [2.45, 2.75) is 0 Å². The van der Waals surface area contributed by atoms with Crippen LogP contribution in [-0.2, 0) is 40.9 Å². The summed E-state index contributed by atoms with van der Waals surface area (Å²) in [5, 5.41) is 0. The third-order valence-corrected chi connectivity index (χ3v) is 2.87. The molecule has 0 rings (SSSR count). The van der Waals surface area contributed by atoms with Crippen molar-refractivity contribution in [2.24, 2.45) is 0 Å². The lowest BCUT2D eigenvalue weighted by atomic mass is 10.9. The molecule has 0 saturated heterocycles. The molecule has 15 heavy (non-hydrogen) atoms. The quantitative estimate of drug-likeness (QED) is 0.467. The molecule has 0 aromatic carbocycles. The van der Waals surface area contributed by atoms with Crippen LogP contribution in [0.4, 0.5) is 0 Å². The monoisotopic (exact) mass is 280 g/mol. The third-order valence-electron chi connectivity index (χ3n) is 0.955. The van der Waals surface area contributed by atoms with Crippen LogP contribution in [0.3, 0.4) is 0 Å². The highest BCUT2D eigenvalue weighted by Gasteiger charge is 2.11.